The van der Waals surface area contributed by atoms with Crippen LogP contribution in [-0.4, -0.2) is 27.1 Å². The summed E-state index contributed by atoms with van der Waals surface area (Å²) in [6, 6.07) is 11.4. The molecule has 2 heteroatoms. The van der Waals surface area contributed by atoms with Gasteiger partial charge in [-0.1, -0.05) is 0 Å². The quantitative estimate of drug-likeness (QED) is 0.464. The third-order valence-corrected chi connectivity index (χ3v) is 10.3. The first-order valence-corrected chi connectivity index (χ1v) is 14.3. The second-order valence-electron chi connectivity index (χ2n) is 9.59. The number of hydrogen-bond acceptors (Lipinski definition) is 0. The summed E-state index contributed by atoms with van der Waals surface area (Å²) < 4.78 is 0. The second-order valence-corrected chi connectivity index (χ2v) is 16.8. The molecule has 0 aliphatic heterocycles. The molecule has 0 bridgehead atoms. The molecule has 0 saturated heterocycles. The zero-order chi connectivity index (χ0) is 17.3. The summed E-state index contributed by atoms with van der Waals surface area (Å²) >= 11 is 0. The summed E-state index contributed by atoms with van der Waals surface area (Å²) in [5, 5.41) is 1.62. The van der Waals surface area contributed by atoms with Crippen LogP contribution >= 0.6 is 6.48 Å². The van der Waals surface area contributed by atoms with Crippen molar-refractivity contribution in [2.24, 2.45) is 5.92 Å². The zero-order valence-corrected chi connectivity index (χ0v) is 17.5. The Morgan fingerprint density at radius 2 is 1.25 bits per heavy atom. The van der Waals surface area contributed by atoms with Gasteiger partial charge in [-0.15, -0.1) is 0 Å². The molecule has 0 N–H and O–H groups in total. The van der Waals surface area contributed by atoms with E-state index in [1.165, 1.54) is 83.2 Å². The molecule has 24 heavy (non-hydrogen) atoms. The molecule has 0 nitrogen and oxygen atoms in total. The summed E-state index contributed by atoms with van der Waals surface area (Å²) in [4.78, 5) is 0. The third kappa shape index (κ3) is 6.91. The summed E-state index contributed by atoms with van der Waals surface area (Å²) in [6.45, 7) is 3.45. The third-order valence-electron chi connectivity index (χ3n) is 6.26. The summed E-state index contributed by atoms with van der Waals surface area (Å²) in [5.41, 5.74) is 0. The van der Waals surface area contributed by atoms with Gasteiger partial charge in [0, 0.05) is 0 Å². The Morgan fingerprint density at radius 3 is 1.75 bits per heavy atom. The minimum atomic E-state index is -1.71. The first-order chi connectivity index (χ1) is 11.5. The summed E-state index contributed by atoms with van der Waals surface area (Å²) in [7, 11) is 2.58. The number of hydrogen-bond donors (Lipinski definition) is 0. The maximum absolute atomic E-state index is 2.58. The van der Waals surface area contributed by atoms with Crippen molar-refractivity contribution in [1.29, 1.82) is 0 Å². The van der Waals surface area contributed by atoms with Crippen molar-refractivity contribution in [3.63, 3.8) is 0 Å². The van der Waals surface area contributed by atoms with Crippen LogP contribution in [0.15, 0.2) is 30.3 Å². The van der Waals surface area contributed by atoms with Crippen LogP contribution in [-0.2, 0) is 0 Å². The minimum absolute atomic E-state index is 0.981. The number of benzene rings is 1. The van der Waals surface area contributed by atoms with E-state index < -0.39 is 6.48 Å². The monoisotopic (exact) mass is 346 g/mol. The molecule has 0 radical (unpaired) electrons. The van der Waals surface area contributed by atoms with Crippen LogP contribution in [0.3, 0.4) is 0 Å². The van der Waals surface area contributed by atoms with E-state index in [1.54, 1.807) is 5.30 Å². The molecule has 1 aromatic rings. The maximum atomic E-state index is 2.58. The Morgan fingerprint density at radius 1 is 0.792 bits per heavy atom. The van der Waals surface area contributed by atoms with Gasteiger partial charge < -0.3 is 0 Å². The van der Waals surface area contributed by atoms with Crippen LogP contribution in [0, 0.1) is 5.92 Å². The predicted molar refractivity (Wildman–Crippen MR) is 117 cm³/mol. The van der Waals surface area contributed by atoms with Gasteiger partial charge in [-0.2, -0.15) is 0 Å². The molecule has 0 aromatic heterocycles. The molecule has 0 unspecified atom stereocenters. The van der Waals surface area contributed by atoms with E-state index in [2.05, 4.69) is 51.2 Å². The van der Waals surface area contributed by atoms with Gasteiger partial charge in [-0.3, -0.25) is 0 Å². The van der Waals surface area contributed by atoms with Crippen molar-refractivity contribution in [1.82, 2.24) is 0 Å². The second kappa shape index (κ2) is 9.42. The standard InChI is InChI=1S/C22H40BP/c1-24(2,23,22-17-13-10-14-18-22)20-19-21-15-11-8-6-4-3-5-7-9-12-16-21/h10,13-14,17-18,21H,3-9,11-12,15-16,19-20,23H2,1-2H3. The van der Waals surface area contributed by atoms with Crippen LogP contribution in [0.2, 0.25) is 0 Å². The van der Waals surface area contributed by atoms with E-state index in [9.17, 15) is 0 Å². The predicted octanol–water partition coefficient (Wildman–Crippen LogP) is 5.98. The molecule has 1 saturated carbocycles. The van der Waals surface area contributed by atoms with E-state index in [1.807, 2.05) is 0 Å². The van der Waals surface area contributed by atoms with E-state index in [4.69, 9.17) is 0 Å². The van der Waals surface area contributed by atoms with E-state index in [-0.39, 0.29) is 0 Å². The number of rotatable bonds is 4. The molecule has 0 spiro atoms. The van der Waals surface area contributed by atoms with Crippen LogP contribution < -0.4 is 5.30 Å². The summed E-state index contributed by atoms with van der Waals surface area (Å²) in [5.74, 6) is 0.981. The molecule has 136 valence electrons. The molecular weight excluding hydrogens is 306 g/mol. The van der Waals surface area contributed by atoms with Crippen molar-refractivity contribution < 1.29 is 0 Å². The molecule has 0 amide bonds. The molecule has 2 rings (SSSR count). The Kier molecular flexibility index (Phi) is 7.86. The topological polar surface area (TPSA) is 0 Å². The van der Waals surface area contributed by atoms with Gasteiger partial charge in [-0.05, 0) is 0 Å². The van der Waals surface area contributed by atoms with Gasteiger partial charge in [0.05, 0.1) is 0 Å². The van der Waals surface area contributed by atoms with Gasteiger partial charge in [0.2, 0.25) is 0 Å². The van der Waals surface area contributed by atoms with Crippen LogP contribution in [0.25, 0.3) is 0 Å². The fraction of sp³-hybridized carbons (Fsp3) is 0.727. The Labute approximate surface area is 152 Å². The molecular formula is C22H40BP. The molecule has 1 fully saturated rings. The molecule has 1 aliphatic carbocycles. The summed E-state index contributed by atoms with van der Waals surface area (Å²) in [6.07, 6.45) is 19.2. The van der Waals surface area contributed by atoms with E-state index in [0.29, 0.717) is 0 Å². The van der Waals surface area contributed by atoms with Crippen molar-refractivity contribution in [2.45, 2.75) is 77.0 Å². The normalized spacial score (nSPS) is 21.2. The Bertz CT molecular complexity index is 448. The SMILES string of the molecule is BP(C)(C)(CCC1CCCCCCCCCCC1)c1ccccc1. The average Bonchev–Trinajstić information content (AvgIpc) is 2.55. The Hall–Kier alpha value is -0.285. The van der Waals surface area contributed by atoms with Crippen molar-refractivity contribution in [2.75, 3.05) is 19.5 Å². The van der Waals surface area contributed by atoms with E-state index in [0.717, 1.165) is 5.92 Å². The van der Waals surface area contributed by atoms with Crippen LogP contribution in [0.5, 0.6) is 0 Å². The van der Waals surface area contributed by atoms with Crippen molar-refractivity contribution >= 4 is 19.4 Å². The molecule has 0 atom stereocenters. The van der Waals surface area contributed by atoms with Gasteiger partial charge in [-0.25, -0.2) is 0 Å². The van der Waals surface area contributed by atoms with Gasteiger partial charge >= 0.3 is 152 Å². The molecule has 1 aliphatic rings. The fourth-order valence-corrected chi connectivity index (χ4v) is 7.09. The Balaban J connectivity index is 1.91. The van der Waals surface area contributed by atoms with Crippen molar-refractivity contribution in [3.05, 3.63) is 30.3 Å². The zero-order valence-electron chi connectivity index (χ0n) is 16.6. The van der Waals surface area contributed by atoms with Crippen molar-refractivity contribution in [3.8, 4) is 0 Å². The van der Waals surface area contributed by atoms with Gasteiger partial charge in [0.25, 0.3) is 0 Å². The molecule has 1 aromatic carbocycles. The van der Waals surface area contributed by atoms with Crippen LogP contribution in [0.1, 0.15) is 77.0 Å². The average molecular weight is 346 g/mol. The van der Waals surface area contributed by atoms with E-state index >= 15 is 0 Å². The molecule has 0 heterocycles. The van der Waals surface area contributed by atoms with Crippen LogP contribution in [0.4, 0.5) is 0 Å². The van der Waals surface area contributed by atoms with Gasteiger partial charge in [0.15, 0.2) is 0 Å². The first kappa shape index (κ1) is 20.0. The first-order valence-electron chi connectivity index (χ1n) is 10.5. The van der Waals surface area contributed by atoms with Gasteiger partial charge in [0.1, 0.15) is 0 Å². The fourth-order valence-electron chi connectivity index (χ4n) is 4.28.